The SMILES string of the molecule is CN(C)c1ncc(/C=N/Nc2ccc(-c3cnco3)cc2)s1. The predicted octanol–water partition coefficient (Wildman–Crippen LogP) is 3.31. The van der Waals surface area contributed by atoms with Crippen LogP contribution in [0, 0.1) is 0 Å². The summed E-state index contributed by atoms with van der Waals surface area (Å²) >= 11 is 1.58. The number of rotatable bonds is 5. The van der Waals surface area contributed by atoms with Gasteiger partial charge in [-0.25, -0.2) is 9.97 Å². The molecule has 1 aromatic carbocycles. The number of aromatic nitrogens is 2. The highest BCUT2D eigenvalue weighted by molar-refractivity contribution is 7.17. The Morgan fingerprint density at radius 3 is 2.68 bits per heavy atom. The van der Waals surface area contributed by atoms with Crippen LogP contribution < -0.4 is 10.3 Å². The topological polar surface area (TPSA) is 66.6 Å². The second-order valence-electron chi connectivity index (χ2n) is 4.75. The molecule has 6 nitrogen and oxygen atoms in total. The molecule has 112 valence electrons. The molecule has 3 rings (SSSR count). The molecule has 0 saturated carbocycles. The van der Waals surface area contributed by atoms with E-state index in [1.807, 2.05) is 43.3 Å². The maximum absolute atomic E-state index is 5.25. The molecule has 0 fully saturated rings. The van der Waals surface area contributed by atoms with E-state index in [-0.39, 0.29) is 0 Å². The molecular weight excluding hydrogens is 298 g/mol. The van der Waals surface area contributed by atoms with Crippen LogP contribution in [0.3, 0.4) is 0 Å². The zero-order valence-corrected chi connectivity index (χ0v) is 13.0. The van der Waals surface area contributed by atoms with E-state index in [4.69, 9.17) is 4.42 Å². The van der Waals surface area contributed by atoms with Gasteiger partial charge < -0.3 is 9.32 Å². The summed E-state index contributed by atoms with van der Waals surface area (Å²) in [5, 5.41) is 5.17. The third-order valence-corrected chi connectivity index (χ3v) is 3.98. The van der Waals surface area contributed by atoms with Gasteiger partial charge in [-0.3, -0.25) is 5.43 Å². The molecule has 0 aliphatic heterocycles. The standard InChI is InChI=1S/C15H15N5OS/c1-20(2)15-17-7-13(22-15)8-18-19-12-5-3-11(4-6-12)14-9-16-10-21-14/h3-10,19H,1-2H3/b18-8+. The van der Waals surface area contributed by atoms with E-state index in [9.17, 15) is 0 Å². The summed E-state index contributed by atoms with van der Waals surface area (Å²) in [6, 6.07) is 7.78. The van der Waals surface area contributed by atoms with Crippen LogP contribution in [0.25, 0.3) is 11.3 Å². The first-order valence-electron chi connectivity index (χ1n) is 6.63. The predicted molar refractivity (Wildman–Crippen MR) is 89.6 cm³/mol. The number of hydrogen-bond donors (Lipinski definition) is 1. The Balaban J connectivity index is 1.62. The maximum Gasteiger partial charge on any atom is 0.185 e. The second-order valence-corrected chi connectivity index (χ2v) is 5.79. The van der Waals surface area contributed by atoms with Crippen molar-refractivity contribution in [3.05, 3.63) is 47.9 Å². The minimum atomic E-state index is 0.746. The smallest absolute Gasteiger partial charge is 0.185 e. The molecular formula is C15H15N5OS. The summed E-state index contributed by atoms with van der Waals surface area (Å²) in [4.78, 5) is 11.2. The van der Waals surface area contributed by atoms with Crippen LogP contribution in [0.4, 0.5) is 10.8 Å². The number of oxazole rings is 1. The van der Waals surface area contributed by atoms with Gasteiger partial charge in [0.25, 0.3) is 0 Å². The van der Waals surface area contributed by atoms with Crippen molar-refractivity contribution in [3.63, 3.8) is 0 Å². The van der Waals surface area contributed by atoms with Gasteiger partial charge in [0, 0.05) is 25.9 Å². The van der Waals surface area contributed by atoms with Crippen LogP contribution in [-0.2, 0) is 0 Å². The Morgan fingerprint density at radius 2 is 2.05 bits per heavy atom. The van der Waals surface area contributed by atoms with Crippen LogP contribution in [-0.4, -0.2) is 30.3 Å². The minimum Gasteiger partial charge on any atom is -0.444 e. The molecule has 0 atom stereocenters. The number of hydrogen-bond acceptors (Lipinski definition) is 7. The third kappa shape index (κ3) is 3.32. The Kier molecular flexibility index (Phi) is 4.15. The van der Waals surface area contributed by atoms with Crippen molar-refractivity contribution in [1.82, 2.24) is 9.97 Å². The first kappa shape index (κ1) is 14.3. The zero-order valence-electron chi connectivity index (χ0n) is 12.2. The molecule has 0 saturated heterocycles. The van der Waals surface area contributed by atoms with Crippen LogP contribution >= 0.6 is 11.3 Å². The van der Waals surface area contributed by atoms with Gasteiger partial charge in [0.1, 0.15) is 0 Å². The van der Waals surface area contributed by atoms with Crippen molar-refractivity contribution in [3.8, 4) is 11.3 Å². The van der Waals surface area contributed by atoms with Crippen molar-refractivity contribution in [2.45, 2.75) is 0 Å². The highest BCUT2D eigenvalue weighted by Gasteiger charge is 2.02. The summed E-state index contributed by atoms with van der Waals surface area (Å²) in [7, 11) is 3.93. The quantitative estimate of drug-likeness (QED) is 0.578. The van der Waals surface area contributed by atoms with E-state index >= 15 is 0 Å². The van der Waals surface area contributed by atoms with E-state index < -0.39 is 0 Å². The second kappa shape index (κ2) is 6.40. The molecule has 3 aromatic rings. The number of anilines is 2. The molecule has 0 unspecified atom stereocenters. The Labute approximate surface area is 132 Å². The van der Waals surface area contributed by atoms with Gasteiger partial charge in [-0.1, -0.05) is 11.3 Å². The molecule has 1 N–H and O–H groups in total. The molecule has 2 aromatic heterocycles. The number of nitrogens with zero attached hydrogens (tertiary/aromatic N) is 4. The van der Waals surface area contributed by atoms with Crippen molar-refractivity contribution >= 4 is 28.4 Å². The molecule has 0 aliphatic rings. The highest BCUT2D eigenvalue weighted by atomic mass is 32.1. The molecule has 0 radical (unpaired) electrons. The number of nitrogens with one attached hydrogen (secondary N) is 1. The molecule has 2 heterocycles. The van der Waals surface area contributed by atoms with Crippen molar-refractivity contribution in [2.24, 2.45) is 5.10 Å². The lowest BCUT2D eigenvalue weighted by Crippen LogP contribution is -2.07. The fourth-order valence-corrected chi connectivity index (χ4v) is 2.49. The monoisotopic (exact) mass is 313 g/mol. The molecule has 0 bridgehead atoms. The number of thiazole rings is 1. The highest BCUT2D eigenvalue weighted by Crippen LogP contribution is 2.21. The van der Waals surface area contributed by atoms with E-state index in [0.29, 0.717) is 0 Å². The van der Waals surface area contributed by atoms with E-state index in [1.54, 1.807) is 29.9 Å². The van der Waals surface area contributed by atoms with Crippen LogP contribution in [0.2, 0.25) is 0 Å². The summed E-state index contributed by atoms with van der Waals surface area (Å²) in [6.07, 6.45) is 6.67. The van der Waals surface area contributed by atoms with Gasteiger partial charge in [-0.05, 0) is 24.3 Å². The van der Waals surface area contributed by atoms with E-state index in [2.05, 4.69) is 20.5 Å². The Bertz CT molecular complexity index is 747. The summed E-state index contributed by atoms with van der Waals surface area (Å²) < 4.78 is 5.25. The van der Waals surface area contributed by atoms with Gasteiger partial charge >= 0.3 is 0 Å². The van der Waals surface area contributed by atoms with E-state index in [1.165, 1.54) is 6.39 Å². The van der Waals surface area contributed by atoms with E-state index in [0.717, 1.165) is 27.0 Å². The van der Waals surface area contributed by atoms with Crippen LogP contribution in [0.1, 0.15) is 4.88 Å². The first-order valence-corrected chi connectivity index (χ1v) is 7.45. The van der Waals surface area contributed by atoms with Gasteiger partial charge in [0.2, 0.25) is 0 Å². The van der Waals surface area contributed by atoms with Crippen molar-refractivity contribution in [2.75, 3.05) is 24.4 Å². The Morgan fingerprint density at radius 1 is 1.23 bits per heavy atom. The van der Waals surface area contributed by atoms with Crippen molar-refractivity contribution in [1.29, 1.82) is 0 Å². The van der Waals surface area contributed by atoms with Crippen LogP contribution in [0.15, 0.2) is 52.6 Å². The molecule has 22 heavy (non-hydrogen) atoms. The summed E-state index contributed by atoms with van der Waals surface area (Å²) in [5.74, 6) is 0.746. The van der Waals surface area contributed by atoms with Gasteiger partial charge in [-0.2, -0.15) is 5.10 Å². The minimum absolute atomic E-state index is 0.746. The maximum atomic E-state index is 5.25. The lowest BCUT2D eigenvalue weighted by molar-refractivity contribution is 0.572. The van der Waals surface area contributed by atoms with Gasteiger partial charge in [-0.15, -0.1) is 0 Å². The zero-order chi connectivity index (χ0) is 15.4. The fourth-order valence-electron chi connectivity index (χ4n) is 1.78. The first-order chi connectivity index (χ1) is 10.7. The largest absolute Gasteiger partial charge is 0.444 e. The molecule has 0 aliphatic carbocycles. The third-order valence-electron chi connectivity index (χ3n) is 2.88. The molecule has 7 heteroatoms. The number of benzene rings is 1. The van der Waals surface area contributed by atoms with Gasteiger partial charge in [0.15, 0.2) is 17.3 Å². The summed E-state index contributed by atoms with van der Waals surface area (Å²) in [6.45, 7) is 0. The Hall–Kier alpha value is -2.67. The normalized spacial score (nSPS) is 11.0. The van der Waals surface area contributed by atoms with Crippen molar-refractivity contribution < 1.29 is 4.42 Å². The number of hydrazone groups is 1. The van der Waals surface area contributed by atoms with Gasteiger partial charge in [0.05, 0.1) is 23.0 Å². The summed E-state index contributed by atoms with van der Waals surface area (Å²) in [5.41, 5.74) is 4.87. The fraction of sp³-hybridized carbons (Fsp3) is 0.133. The van der Waals surface area contributed by atoms with Crippen LogP contribution in [0.5, 0.6) is 0 Å². The molecule has 0 amide bonds. The lowest BCUT2D eigenvalue weighted by atomic mass is 10.2. The lowest BCUT2D eigenvalue weighted by Gasteiger charge is -2.04. The average Bonchev–Trinajstić information content (AvgIpc) is 3.19. The molecule has 0 spiro atoms. The average molecular weight is 313 g/mol.